The second-order valence-corrected chi connectivity index (χ2v) is 4.94. The Morgan fingerprint density at radius 2 is 1.95 bits per heavy atom. The minimum absolute atomic E-state index is 0.186. The quantitative estimate of drug-likeness (QED) is 0.538. The van der Waals surface area contributed by atoms with Gasteiger partial charge in [0.15, 0.2) is 0 Å². The van der Waals surface area contributed by atoms with Crippen LogP contribution in [0.4, 0.5) is 5.69 Å². The molecule has 6 nitrogen and oxygen atoms in total. The molecule has 0 aliphatic carbocycles. The molecule has 0 radical (unpaired) electrons. The fourth-order valence-electron chi connectivity index (χ4n) is 1.82. The number of hydrogen-bond acceptors (Lipinski definition) is 5. The molecule has 1 unspecified atom stereocenters. The van der Waals surface area contributed by atoms with Crippen molar-refractivity contribution in [2.24, 2.45) is 5.73 Å². The standard InChI is InChI=1S/C16H24N2O4/c1-3-5-14(17)16(20)18-12-7-9-13(10-8-12)22-11-4-6-15(19)21-2/h7-10,14H,3-6,11,17H2,1-2H3,(H,18,20). The summed E-state index contributed by atoms with van der Waals surface area (Å²) < 4.78 is 10.0. The lowest BCUT2D eigenvalue weighted by Crippen LogP contribution is -2.35. The number of nitrogens with two attached hydrogens (primary N) is 1. The Morgan fingerprint density at radius 3 is 2.55 bits per heavy atom. The van der Waals surface area contributed by atoms with Gasteiger partial charge >= 0.3 is 5.97 Å². The van der Waals surface area contributed by atoms with E-state index in [0.717, 1.165) is 6.42 Å². The van der Waals surface area contributed by atoms with Crippen LogP contribution in [0.2, 0.25) is 0 Å². The van der Waals surface area contributed by atoms with Crippen molar-refractivity contribution in [3.63, 3.8) is 0 Å². The van der Waals surface area contributed by atoms with Crippen LogP contribution in [0.1, 0.15) is 32.6 Å². The van der Waals surface area contributed by atoms with Crippen LogP contribution in [0.5, 0.6) is 5.75 Å². The minimum Gasteiger partial charge on any atom is -0.494 e. The molecule has 22 heavy (non-hydrogen) atoms. The number of benzene rings is 1. The Morgan fingerprint density at radius 1 is 1.27 bits per heavy atom. The van der Waals surface area contributed by atoms with Gasteiger partial charge in [-0.05, 0) is 37.1 Å². The predicted molar refractivity (Wildman–Crippen MR) is 84.7 cm³/mol. The number of amides is 1. The molecule has 1 amide bonds. The molecule has 122 valence electrons. The van der Waals surface area contributed by atoms with Crippen LogP contribution >= 0.6 is 0 Å². The van der Waals surface area contributed by atoms with Gasteiger partial charge in [0.1, 0.15) is 5.75 Å². The first-order chi connectivity index (χ1) is 10.6. The maximum Gasteiger partial charge on any atom is 0.305 e. The summed E-state index contributed by atoms with van der Waals surface area (Å²) in [5.41, 5.74) is 6.43. The SMILES string of the molecule is CCCC(N)C(=O)Nc1ccc(OCCCC(=O)OC)cc1. The molecule has 0 aliphatic heterocycles. The second-order valence-electron chi connectivity index (χ2n) is 4.94. The van der Waals surface area contributed by atoms with Crippen LogP contribution in [0, 0.1) is 0 Å². The Balaban J connectivity index is 2.36. The third kappa shape index (κ3) is 6.58. The molecule has 0 fully saturated rings. The molecule has 6 heteroatoms. The molecule has 0 bridgehead atoms. The minimum atomic E-state index is -0.487. The maximum atomic E-state index is 11.8. The van der Waals surface area contributed by atoms with Crippen LogP contribution in [0.25, 0.3) is 0 Å². The zero-order chi connectivity index (χ0) is 16.4. The van der Waals surface area contributed by atoms with Crippen molar-refractivity contribution in [3.8, 4) is 5.75 Å². The van der Waals surface area contributed by atoms with Gasteiger partial charge in [-0.1, -0.05) is 13.3 Å². The summed E-state index contributed by atoms with van der Waals surface area (Å²) >= 11 is 0. The van der Waals surface area contributed by atoms with Gasteiger partial charge in [0.05, 0.1) is 19.8 Å². The molecule has 0 aromatic heterocycles. The highest BCUT2D eigenvalue weighted by Gasteiger charge is 2.12. The smallest absolute Gasteiger partial charge is 0.305 e. The van der Waals surface area contributed by atoms with E-state index in [0.29, 0.717) is 37.3 Å². The lowest BCUT2D eigenvalue weighted by Gasteiger charge is -2.12. The second kappa shape index (κ2) is 9.78. The highest BCUT2D eigenvalue weighted by Crippen LogP contribution is 2.16. The summed E-state index contributed by atoms with van der Waals surface area (Å²) in [6.07, 6.45) is 2.46. The fourth-order valence-corrected chi connectivity index (χ4v) is 1.82. The third-order valence-electron chi connectivity index (χ3n) is 3.08. The molecule has 0 saturated heterocycles. The van der Waals surface area contributed by atoms with E-state index >= 15 is 0 Å². The molecule has 1 atom stereocenters. The zero-order valence-corrected chi connectivity index (χ0v) is 13.1. The van der Waals surface area contributed by atoms with Gasteiger partial charge < -0.3 is 20.5 Å². The Kier molecular flexibility index (Phi) is 7.99. The lowest BCUT2D eigenvalue weighted by atomic mass is 10.1. The van der Waals surface area contributed by atoms with Crippen LogP contribution in [0.3, 0.4) is 0 Å². The summed E-state index contributed by atoms with van der Waals surface area (Å²) in [7, 11) is 1.36. The van der Waals surface area contributed by atoms with E-state index in [1.807, 2.05) is 6.92 Å². The van der Waals surface area contributed by atoms with Crippen molar-refractivity contribution in [1.82, 2.24) is 0 Å². The number of carbonyl (C=O) groups is 2. The third-order valence-corrected chi connectivity index (χ3v) is 3.08. The monoisotopic (exact) mass is 308 g/mol. The van der Waals surface area contributed by atoms with Crippen molar-refractivity contribution >= 4 is 17.6 Å². The summed E-state index contributed by atoms with van der Waals surface area (Å²) in [5.74, 6) is 0.249. The molecule has 1 rings (SSSR count). The molecular formula is C16H24N2O4. The van der Waals surface area contributed by atoms with Gasteiger partial charge in [-0.15, -0.1) is 0 Å². The number of esters is 1. The van der Waals surface area contributed by atoms with E-state index in [4.69, 9.17) is 10.5 Å². The normalized spacial score (nSPS) is 11.6. The first-order valence-electron chi connectivity index (χ1n) is 7.43. The molecule has 0 saturated carbocycles. The van der Waals surface area contributed by atoms with Crippen molar-refractivity contribution in [2.75, 3.05) is 19.0 Å². The highest BCUT2D eigenvalue weighted by atomic mass is 16.5. The topological polar surface area (TPSA) is 90.7 Å². The molecule has 0 heterocycles. The summed E-state index contributed by atoms with van der Waals surface area (Å²) in [4.78, 5) is 22.7. The van der Waals surface area contributed by atoms with Gasteiger partial charge in [0, 0.05) is 12.1 Å². The Hall–Kier alpha value is -2.08. The average Bonchev–Trinajstić information content (AvgIpc) is 2.53. The Labute approximate surface area is 131 Å². The number of nitrogens with one attached hydrogen (secondary N) is 1. The van der Waals surface area contributed by atoms with Crippen molar-refractivity contribution < 1.29 is 19.1 Å². The van der Waals surface area contributed by atoms with Gasteiger partial charge in [0.25, 0.3) is 0 Å². The van der Waals surface area contributed by atoms with E-state index in [1.54, 1.807) is 24.3 Å². The summed E-state index contributed by atoms with van der Waals surface area (Å²) in [6.45, 7) is 2.42. The zero-order valence-electron chi connectivity index (χ0n) is 13.1. The first kappa shape index (κ1) is 18.0. The Bertz CT molecular complexity index is 474. The molecule has 3 N–H and O–H groups in total. The molecule has 0 spiro atoms. The predicted octanol–water partition coefficient (Wildman–Crippen LogP) is 2.08. The summed E-state index contributed by atoms with van der Waals surface area (Å²) in [5, 5.41) is 2.76. The number of ether oxygens (including phenoxy) is 2. The first-order valence-corrected chi connectivity index (χ1v) is 7.43. The number of methoxy groups -OCH3 is 1. The van der Waals surface area contributed by atoms with Gasteiger partial charge in [-0.3, -0.25) is 9.59 Å². The van der Waals surface area contributed by atoms with Crippen LogP contribution in [0.15, 0.2) is 24.3 Å². The fraction of sp³-hybridized carbons (Fsp3) is 0.500. The number of hydrogen-bond donors (Lipinski definition) is 2. The molecular weight excluding hydrogens is 284 g/mol. The van der Waals surface area contributed by atoms with Crippen molar-refractivity contribution in [1.29, 1.82) is 0 Å². The van der Waals surface area contributed by atoms with Gasteiger partial charge in [-0.25, -0.2) is 0 Å². The number of rotatable bonds is 9. The summed E-state index contributed by atoms with van der Waals surface area (Å²) in [6, 6.07) is 6.55. The van der Waals surface area contributed by atoms with E-state index in [9.17, 15) is 9.59 Å². The van der Waals surface area contributed by atoms with E-state index < -0.39 is 6.04 Å². The van der Waals surface area contributed by atoms with Gasteiger partial charge in [0.2, 0.25) is 5.91 Å². The average molecular weight is 308 g/mol. The number of anilines is 1. The maximum absolute atomic E-state index is 11.8. The van der Waals surface area contributed by atoms with Crippen LogP contribution < -0.4 is 15.8 Å². The largest absolute Gasteiger partial charge is 0.494 e. The molecule has 0 aliphatic rings. The number of carbonyl (C=O) groups excluding carboxylic acids is 2. The van der Waals surface area contributed by atoms with E-state index in [-0.39, 0.29) is 11.9 Å². The van der Waals surface area contributed by atoms with Crippen LogP contribution in [-0.4, -0.2) is 31.6 Å². The van der Waals surface area contributed by atoms with Crippen LogP contribution in [-0.2, 0) is 14.3 Å². The highest BCUT2D eigenvalue weighted by molar-refractivity contribution is 5.94. The van der Waals surface area contributed by atoms with E-state index in [1.165, 1.54) is 7.11 Å². The van der Waals surface area contributed by atoms with Crippen molar-refractivity contribution in [3.05, 3.63) is 24.3 Å². The molecule has 1 aromatic rings. The lowest BCUT2D eigenvalue weighted by molar-refractivity contribution is -0.140. The molecule has 1 aromatic carbocycles. The van der Waals surface area contributed by atoms with E-state index in [2.05, 4.69) is 10.1 Å². The van der Waals surface area contributed by atoms with Crippen molar-refractivity contribution in [2.45, 2.75) is 38.6 Å². The van der Waals surface area contributed by atoms with Gasteiger partial charge in [-0.2, -0.15) is 0 Å².